The molecule has 0 aromatic heterocycles. The Bertz CT molecular complexity index is 401. The highest BCUT2D eigenvalue weighted by atomic mass is 35.5. The molecular weight excluding hydrogens is 396 g/mol. The Balaban J connectivity index is 2.13. The lowest BCUT2D eigenvalue weighted by Gasteiger charge is -2.21. The van der Waals surface area contributed by atoms with Crippen molar-refractivity contribution in [3.05, 3.63) is 0 Å². The largest absolute Gasteiger partial charge is 0.119 e. The van der Waals surface area contributed by atoms with E-state index in [0.29, 0.717) is 5.41 Å². The van der Waals surface area contributed by atoms with E-state index in [4.69, 9.17) is 11.6 Å². The summed E-state index contributed by atoms with van der Waals surface area (Å²) in [4.78, 5) is 0.0904. The molecule has 0 aromatic carbocycles. The number of rotatable bonds is 23. The van der Waals surface area contributed by atoms with E-state index < -0.39 is 0 Å². The average Bonchev–Trinajstić information content (AvgIpc) is 3.26. The molecular formula is C30H59Cl. The molecule has 1 rings (SSSR count). The molecule has 0 aromatic rings. The maximum absolute atomic E-state index is 6.64. The summed E-state index contributed by atoms with van der Waals surface area (Å²) in [5, 5.41) is 0. The number of hydrogen-bond acceptors (Lipinski definition) is 0. The van der Waals surface area contributed by atoms with Crippen LogP contribution < -0.4 is 0 Å². The lowest BCUT2D eigenvalue weighted by atomic mass is 9.86. The zero-order valence-electron chi connectivity index (χ0n) is 22.2. The molecule has 0 spiro atoms. The van der Waals surface area contributed by atoms with Crippen molar-refractivity contribution in [1.82, 2.24) is 0 Å². The molecule has 0 bridgehead atoms. The second-order valence-electron chi connectivity index (χ2n) is 11.6. The van der Waals surface area contributed by atoms with E-state index >= 15 is 0 Å². The van der Waals surface area contributed by atoms with Crippen LogP contribution in [0.3, 0.4) is 0 Å². The maximum Gasteiger partial charge on any atom is 0.0478 e. The van der Waals surface area contributed by atoms with Gasteiger partial charge in [-0.1, -0.05) is 149 Å². The maximum atomic E-state index is 6.64. The second kappa shape index (κ2) is 17.7. The third-order valence-electron chi connectivity index (χ3n) is 8.39. The van der Waals surface area contributed by atoms with E-state index in [0.717, 1.165) is 5.92 Å². The van der Waals surface area contributed by atoms with Gasteiger partial charge < -0.3 is 0 Å². The summed E-state index contributed by atoms with van der Waals surface area (Å²) in [6.07, 6.45) is 33.0. The fourth-order valence-corrected chi connectivity index (χ4v) is 5.87. The first-order valence-corrected chi connectivity index (χ1v) is 15.0. The van der Waals surface area contributed by atoms with Gasteiger partial charge in [0.1, 0.15) is 0 Å². The normalized spacial score (nSPS) is 23.9. The molecule has 186 valence electrons. The highest BCUT2D eigenvalue weighted by molar-refractivity contribution is 6.26. The van der Waals surface area contributed by atoms with Gasteiger partial charge in [-0.3, -0.25) is 0 Å². The molecule has 0 saturated heterocycles. The van der Waals surface area contributed by atoms with Crippen LogP contribution in [0.1, 0.15) is 175 Å². The van der Waals surface area contributed by atoms with E-state index in [1.165, 1.54) is 148 Å². The topological polar surface area (TPSA) is 0 Å². The molecule has 0 heterocycles. The Morgan fingerprint density at radius 3 is 1.19 bits per heavy atom. The van der Waals surface area contributed by atoms with E-state index in [-0.39, 0.29) is 4.87 Å². The minimum Gasteiger partial charge on any atom is -0.119 e. The third-order valence-corrected chi connectivity index (χ3v) is 8.98. The van der Waals surface area contributed by atoms with Crippen LogP contribution in [0, 0.1) is 11.3 Å². The van der Waals surface area contributed by atoms with E-state index in [1.807, 2.05) is 0 Å². The zero-order valence-corrected chi connectivity index (χ0v) is 23.0. The van der Waals surface area contributed by atoms with E-state index in [9.17, 15) is 0 Å². The molecule has 1 fully saturated rings. The SMILES string of the molecule is CCCCCCCCCCCCC(CCCCCCCCCC)CCC1(C)CC1(C)Cl. The molecule has 3 atom stereocenters. The predicted molar refractivity (Wildman–Crippen MR) is 143 cm³/mol. The first kappa shape index (κ1) is 29.3. The van der Waals surface area contributed by atoms with Gasteiger partial charge in [-0.15, -0.1) is 11.6 Å². The van der Waals surface area contributed by atoms with Gasteiger partial charge in [-0.25, -0.2) is 0 Å². The number of unbranched alkanes of at least 4 members (excludes halogenated alkanes) is 16. The smallest absolute Gasteiger partial charge is 0.0478 e. The van der Waals surface area contributed by atoms with Crippen LogP contribution >= 0.6 is 11.6 Å². The predicted octanol–water partition coefficient (Wildman–Crippen LogP) is 11.6. The number of alkyl halides is 1. The van der Waals surface area contributed by atoms with Crippen LogP contribution in [0.2, 0.25) is 0 Å². The molecule has 3 unspecified atom stereocenters. The van der Waals surface area contributed by atoms with Gasteiger partial charge in [0.15, 0.2) is 0 Å². The highest BCUT2D eigenvalue weighted by Gasteiger charge is 2.59. The van der Waals surface area contributed by atoms with Crippen molar-refractivity contribution in [2.24, 2.45) is 11.3 Å². The van der Waals surface area contributed by atoms with Gasteiger partial charge in [-0.2, -0.15) is 0 Å². The molecule has 0 N–H and O–H groups in total. The Kier molecular flexibility index (Phi) is 16.8. The molecule has 0 radical (unpaired) electrons. The Morgan fingerprint density at radius 1 is 0.548 bits per heavy atom. The fraction of sp³-hybridized carbons (Fsp3) is 1.00. The van der Waals surface area contributed by atoms with Gasteiger partial charge in [0, 0.05) is 4.87 Å². The van der Waals surface area contributed by atoms with Gasteiger partial charge >= 0.3 is 0 Å². The first-order valence-electron chi connectivity index (χ1n) is 14.6. The molecule has 1 aliphatic rings. The summed E-state index contributed by atoms with van der Waals surface area (Å²) in [6.45, 7) is 9.29. The van der Waals surface area contributed by atoms with Crippen LogP contribution in [0.5, 0.6) is 0 Å². The third kappa shape index (κ3) is 14.2. The van der Waals surface area contributed by atoms with Crippen LogP contribution in [-0.2, 0) is 0 Å². The lowest BCUT2D eigenvalue weighted by molar-refractivity contribution is 0.332. The van der Waals surface area contributed by atoms with Gasteiger partial charge in [0.2, 0.25) is 0 Å². The molecule has 0 amide bonds. The summed E-state index contributed by atoms with van der Waals surface area (Å²) in [5.74, 6) is 0.957. The highest BCUT2D eigenvalue weighted by Crippen LogP contribution is 2.63. The minimum absolute atomic E-state index is 0.0904. The van der Waals surface area contributed by atoms with Crippen LogP contribution in [0.15, 0.2) is 0 Å². The van der Waals surface area contributed by atoms with Crippen LogP contribution in [0.4, 0.5) is 0 Å². The van der Waals surface area contributed by atoms with Crippen molar-refractivity contribution in [2.45, 2.75) is 180 Å². The van der Waals surface area contributed by atoms with Gasteiger partial charge in [0.25, 0.3) is 0 Å². The van der Waals surface area contributed by atoms with E-state index in [2.05, 4.69) is 27.7 Å². The van der Waals surface area contributed by atoms with Crippen molar-refractivity contribution in [1.29, 1.82) is 0 Å². The first-order chi connectivity index (χ1) is 14.9. The molecule has 31 heavy (non-hydrogen) atoms. The minimum atomic E-state index is 0.0904. The zero-order chi connectivity index (χ0) is 22.8. The fourth-order valence-electron chi connectivity index (χ4n) is 5.48. The van der Waals surface area contributed by atoms with Gasteiger partial charge in [0.05, 0.1) is 0 Å². The van der Waals surface area contributed by atoms with Crippen molar-refractivity contribution in [3.63, 3.8) is 0 Å². The Morgan fingerprint density at radius 2 is 0.871 bits per heavy atom. The summed E-state index contributed by atoms with van der Waals surface area (Å²) < 4.78 is 0. The number of halogens is 1. The number of hydrogen-bond donors (Lipinski definition) is 0. The summed E-state index contributed by atoms with van der Waals surface area (Å²) >= 11 is 6.64. The molecule has 1 saturated carbocycles. The standard InChI is InChI=1S/C30H59Cl/c1-5-7-9-11-13-15-16-18-20-22-24-28(25-26-29(3)27-30(29,4)31)23-21-19-17-14-12-10-8-6-2/h28H,5-27H2,1-4H3. The molecule has 0 aliphatic heterocycles. The van der Waals surface area contributed by atoms with Crippen molar-refractivity contribution >= 4 is 11.6 Å². The monoisotopic (exact) mass is 454 g/mol. The van der Waals surface area contributed by atoms with E-state index in [1.54, 1.807) is 0 Å². The average molecular weight is 455 g/mol. The van der Waals surface area contributed by atoms with Crippen molar-refractivity contribution in [3.8, 4) is 0 Å². The molecule has 1 heteroatoms. The van der Waals surface area contributed by atoms with Crippen molar-refractivity contribution < 1.29 is 0 Å². The Hall–Kier alpha value is 0.290. The quantitative estimate of drug-likeness (QED) is 0.106. The lowest BCUT2D eigenvalue weighted by Crippen LogP contribution is -2.10. The van der Waals surface area contributed by atoms with Gasteiger partial charge in [-0.05, 0) is 37.5 Å². The summed E-state index contributed by atoms with van der Waals surface area (Å²) in [6, 6.07) is 0. The Labute approximate surface area is 203 Å². The summed E-state index contributed by atoms with van der Waals surface area (Å²) in [5.41, 5.74) is 0.420. The molecule has 1 aliphatic carbocycles. The van der Waals surface area contributed by atoms with Crippen LogP contribution in [-0.4, -0.2) is 4.87 Å². The van der Waals surface area contributed by atoms with Crippen molar-refractivity contribution in [2.75, 3.05) is 0 Å². The second-order valence-corrected chi connectivity index (χ2v) is 12.4. The van der Waals surface area contributed by atoms with Crippen LogP contribution in [0.25, 0.3) is 0 Å². The molecule has 0 nitrogen and oxygen atoms in total. The summed E-state index contributed by atoms with van der Waals surface area (Å²) in [7, 11) is 0.